The van der Waals surface area contributed by atoms with Crippen LogP contribution < -0.4 is 14.2 Å². The van der Waals surface area contributed by atoms with E-state index in [9.17, 15) is 4.79 Å². The number of carbonyl (C=O) groups excluding carboxylic acids is 1. The van der Waals surface area contributed by atoms with Crippen molar-refractivity contribution in [2.45, 2.75) is 225 Å². The number of methoxy groups -OCH3 is 1. The van der Waals surface area contributed by atoms with E-state index < -0.39 is 5.97 Å². The first-order chi connectivity index (χ1) is 26.1. The zero-order valence-electron chi connectivity index (χ0n) is 35.0. The first-order valence-electron chi connectivity index (χ1n) is 22.4. The Hall–Kier alpha value is -1.33. The SMILES string of the molecule is CCCCCCCCCCCCOc1c(CCl)c(OCCCCCCCCCCCC)c(C(=O)OC)c(OCCCCCCCCCCCC)c1CCl. The zero-order chi connectivity index (χ0) is 38.6. The van der Waals surface area contributed by atoms with E-state index in [2.05, 4.69) is 20.8 Å². The summed E-state index contributed by atoms with van der Waals surface area (Å²) < 4.78 is 24.7. The maximum atomic E-state index is 13.5. The van der Waals surface area contributed by atoms with Crippen LogP contribution in [0.4, 0.5) is 0 Å². The molecule has 0 bridgehead atoms. The van der Waals surface area contributed by atoms with E-state index in [4.69, 9.17) is 42.1 Å². The third-order valence-electron chi connectivity index (χ3n) is 10.4. The Morgan fingerprint density at radius 3 is 0.887 bits per heavy atom. The molecule has 0 fully saturated rings. The van der Waals surface area contributed by atoms with Crippen molar-refractivity contribution in [3.8, 4) is 17.2 Å². The smallest absolute Gasteiger partial charge is 0.345 e. The van der Waals surface area contributed by atoms with Crippen molar-refractivity contribution < 1.29 is 23.7 Å². The number of hydrogen-bond acceptors (Lipinski definition) is 5. The van der Waals surface area contributed by atoms with E-state index in [-0.39, 0.29) is 17.3 Å². The van der Waals surface area contributed by atoms with Gasteiger partial charge in [-0.15, -0.1) is 23.2 Å². The van der Waals surface area contributed by atoms with E-state index >= 15 is 0 Å². The molecule has 0 aliphatic rings. The Morgan fingerprint density at radius 1 is 0.396 bits per heavy atom. The highest BCUT2D eigenvalue weighted by Gasteiger charge is 2.31. The number of carbonyl (C=O) groups is 1. The average molecular weight is 786 g/mol. The maximum Gasteiger partial charge on any atom is 0.345 e. The second-order valence-electron chi connectivity index (χ2n) is 15.2. The molecule has 1 rings (SSSR count). The van der Waals surface area contributed by atoms with Gasteiger partial charge in [-0.3, -0.25) is 0 Å². The fraction of sp³-hybridized carbons (Fsp3) is 0.848. The number of ether oxygens (including phenoxy) is 4. The van der Waals surface area contributed by atoms with Crippen molar-refractivity contribution in [3.05, 3.63) is 16.7 Å². The van der Waals surface area contributed by atoms with Gasteiger partial charge in [0.1, 0.15) is 22.8 Å². The number of halogens is 2. The second kappa shape index (κ2) is 36.3. The molecule has 0 saturated carbocycles. The van der Waals surface area contributed by atoms with Crippen LogP contribution in [0.25, 0.3) is 0 Å². The number of alkyl halides is 2. The maximum absolute atomic E-state index is 13.5. The van der Waals surface area contributed by atoms with Crippen LogP contribution in [0.2, 0.25) is 0 Å². The predicted molar refractivity (Wildman–Crippen MR) is 229 cm³/mol. The fourth-order valence-electron chi connectivity index (χ4n) is 7.11. The number of benzene rings is 1. The molecule has 1 aromatic rings. The molecule has 0 heterocycles. The molecule has 0 unspecified atom stereocenters. The summed E-state index contributed by atoms with van der Waals surface area (Å²) in [5.74, 6) is 1.22. The third-order valence-corrected chi connectivity index (χ3v) is 11.0. The lowest BCUT2D eigenvalue weighted by molar-refractivity contribution is 0.0590. The molecule has 53 heavy (non-hydrogen) atoms. The minimum absolute atomic E-state index is 0.132. The standard InChI is InChI=1S/C46H82Cl2O5/c1-5-8-11-14-17-20-23-26-29-32-35-51-43-40(38-47)44(52-36-33-30-27-24-21-18-15-12-9-6-2)42(46(49)50-4)45(41(43)39-48)53-37-34-31-28-25-22-19-16-13-10-7-3/h5-39H2,1-4H3. The lowest BCUT2D eigenvalue weighted by Crippen LogP contribution is -2.16. The first-order valence-corrected chi connectivity index (χ1v) is 23.5. The van der Waals surface area contributed by atoms with Gasteiger partial charge in [-0.25, -0.2) is 4.79 Å². The molecular formula is C46H82Cl2O5. The lowest BCUT2D eigenvalue weighted by atomic mass is 10.0. The monoisotopic (exact) mass is 785 g/mol. The Bertz CT molecular complexity index is 946. The van der Waals surface area contributed by atoms with Gasteiger partial charge in [0, 0.05) is 0 Å². The molecule has 0 aromatic heterocycles. The molecule has 0 aliphatic heterocycles. The van der Waals surface area contributed by atoms with E-state index in [0.29, 0.717) is 48.2 Å². The summed E-state index contributed by atoms with van der Waals surface area (Å²) in [5.41, 5.74) is 1.60. The van der Waals surface area contributed by atoms with Crippen LogP contribution in [-0.2, 0) is 16.5 Å². The summed E-state index contributed by atoms with van der Waals surface area (Å²) in [4.78, 5) is 13.5. The molecule has 1 aromatic carbocycles. The van der Waals surface area contributed by atoms with E-state index in [1.165, 1.54) is 161 Å². The minimum Gasteiger partial charge on any atom is -0.493 e. The number of esters is 1. The Balaban J connectivity index is 2.98. The molecule has 0 N–H and O–H groups in total. The topological polar surface area (TPSA) is 54.0 Å². The number of hydrogen-bond donors (Lipinski definition) is 0. The molecule has 0 saturated heterocycles. The van der Waals surface area contributed by atoms with Gasteiger partial charge >= 0.3 is 5.97 Å². The summed E-state index contributed by atoms with van der Waals surface area (Å²) in [7, 11) is 1.40. The zero-order valence-corrected chi connectivity index (χ0v) is 36.6. The van der Waals surface area contributed by atoms with Crippen molar-refractivity contribution in [1.29, 1.82) is 0 Å². The molecule has 5 nitrogen and oxygen atoms in total. The van der Waals surface area contributed by atoms with Crippen LogP contribution in [-0.4, -0.2) is 32.9 Å². The van der Waals surface area contributed by atoms with Crippen LogP contribution in [0.5, 0.6) is 17.2 Å². The van der Waals surface area contributed by atoms with Gasteiger partial charge in [-0.1, -0.05) is 194 Å². The van der Waals surface area contributed by atoms with Crippen LogP contribution >= 0.6 is 23.2 Å². The van der Waals surface area contributed by atoms with Crippen LogP contribution in [0, 0.1) is 0 Å². The molecule has 0 spiro atoms. The fourth-order valence-corrected chi connectivity index (χ4v) is 7.59. The minimum atomic E-state index is -0.500. The molecule has 7 heteroatoms. The average Bonchev–Trinajstić information content (AvgIpc) is 3.17. The normalized spacial score (nSPS) is 11.3. The van der Waals surface area contributed by atoms with Crippen LogP contribution in [0.15, 0.2) is 0 Å². The highest BCUT2D eigenvalue weighted by atomic mass is 35.5. The Morgan fingerprint density at radius 2 is 0.642 bits per heavy atom. The number of unbranched alkanes of at least 4 members (excludes halogenated alkanes) is 27. The van der Waals surface area contributed by atoms with Gasteiger partial charge in [0.2, 0.25) is 0 Å². The van der Waals surface area contributed by atoms with Crippen molar-refractivity contribution in [3.63, 3.8) is 0 Å². The van der Waals surface area contributed by atoms with Gasteiger partial charge in [-0.05, 0) is 19.3 Å². The van der Waals surface area contributed by atoms with Gasteiger partial charge in [-0.2, -0.15) is 0 Å². The van der Waals surface area contributed by atoms with Gasteiger partial charge in [0.15, 0.2) is 0 Å². The summed E-state index contributed by atoms with van der Waals surface area (Å²) in [5, 5.41) is 0. The summed E-state index contributed by atoms with van der Waals surface area (Å²) in [6.07, 6.45) is 37.4. The first kappa shape index (κ1) is 49.7. The highest BCUT2D eigenvalue weighted by molar-refractivity contribution is 6.19. The van der Waals surface area contributed by atoms with Gasteiger partial charge < -0.3 is 18.9 Å². The number of rotatable bonds is 39. The largest absolute Gasteiger partial charge is 0.493 e. The van der Waals surface area contributed by atoms with Gasteiger partial charge in [0.25, 0.3) is 0 Å². The summed E-state index contributed by atoms with van der Waals surface area (Å²) in [6, 6.07) is 0. The summed E-state index contributed by atoms with van der Waals surface area (Å²) in [6.45, 7) is 8.32. The van der Waals surface area contributed by atoms with Crippen molar-refractivity contribution >= 4 is 29.2 Å². The van der Waals surface area contributed by atoms with E-state index in [1.54, 1.807) is 0 Å². The highest BCUT2D eigenvalue weighted by Crippen LogP contribution is 2.46. The van der Waals surface area contributed by atoms with E-state index in [0.717, 1.165) is 38.5 Å². The lowest BCUT2D eigenvalue weighted by Gasteiger charge is -2.24. The van der Waals surface area contributed by atoms with Crippen molar-refractivity contribution in [2.24, 2.45) is 0 Å². The van der Waals surface area contributed by atoms with Crippen LogP contribution in [0.3, 0.4) is 0 Å². The molecule has 0 radical (unpaired) electrons. The van der Waals surface area contributed by atoms with Crippen molar-refractivity contribution in [1.82, 2.24) is 0 Å². The van der Waals surface area contributed by atoms with Crippen molar-refractivity contribution in [2.75, 3.05) is 26.9 Å². The molecule has 310 valence electrons. The van der Waals surface area contributed by atoms with E-state index in [1.807, 2.05) is 0 Å². The molecule has 0 aliphatic carbocycles. The molecule has 0 amide bonds. The quantitative estimate of drug-likeness (QED) is 0.0378. The molecule has 0 atom stereocenters. The Kier molecular flexibility index (Phi) is 34.0. The Labute approximate surface area is 337 Å². The van der Waals surface area contributed by atoms with Crippen LogP contribution in [0.1, 0.15) is 235 Å². The molecular weight excluding hydrogens is 703 g/mol. The summed E-state index contributed by atoms with van der Waals surface area (Å²) >= 11 is 13.3. The van der Waals surface area contributed by atoms with Gasteiger partial charge in [0.05, 0.1) is 49.8 Å². The third kappa shape index (κ3) is 23.4. The predicted octanol–water partition coefficient (Wildman–Crippen LogP) is 15.8. The second-order valence-corrected chi connectivity index (χ2v) is 15.7.